The Labute approximate surface area is 111 Å². The van der Waals surface area contributed by atoms with Crippen molar-refractivity contribution in [3.8, 4) is 0 Å². The van der Waals surface area contributed by atoms with Crippen molar-refractivity contribution in [2.24, 2.45) is 11.6 Å². The van der Waals surface area contributed by atoms with Crippen LogP contribution in [-0.4, -0.2) is 5.28 Å². The molecular weight excluding hydrogens is 240 g/mol. The Morgan fingerprint density at radius 2 is 1.42 bits per heavy atom. The molecule has 0 radical (unpaired) electrons. The number of benzene rings is 2. The van der Waals surface area contributed by atoms with Gasteiger partial charge in [-0.25, -0.2) is 10.9 Å². The Morgan fingerprint density at radius 3 is 2.05 bits per heavy atom. The Morgan fingerprint density at radius 1 is 0.842 bits per heavy atom. The predicted octanol–water partition coefficient (Wildman–Crippen LogP) is 1.81. The fraction of sp³-hybridized carbons (Fsp3) is 0. The van der Waals surface area contributed by atoms with E-state index in [-0.39, 0.29) is 5.88 Å². The largest absolute Gasteiger partial charge is 0.366 e. The van der Waals surface area contributed by atoms with E-state index in [1.807, 2.05) is 60.7 Å². The van der Waals surface area contributed by atoms with E-state index in [2.05, 4.69) is 0 Å². The molecule has 5 heteroatoms. The summed E-state index contributed by atoms with van der Waals surface area (Å²) in [5.74, 6) is 6.12. The first kappa shape index (κ1) is 11.6. The fourth-order valence-corrected chi connectivity index (χ4v) is 2.06. The Kier molecular flexibility index (Phi) is 2.83. The minimum absolute atomic E-state index is 0.276. The summed E-state index contributed by atoms with van der Waals surface area (Å²) < 4.78 is 0. The van der Waals surface area contributed by atoms with Crippen molar-refractivity contribution in [1.29, 1.82) is 0 Å². The fourth-order valence-electron chi connectivity index (χ4n) is 2.06. The summed E-state index contributed by atoms with van der Waals surface area (Å²) >= 11 is 0. The highest BCUT2D eigenvalue weighted by Gasteiger charge is 2.31. The average molecular weight is 254 g/mol. The summed E-state index contributed by atoms with van der Waals surface area (Å²) in [4.78, 5) is 5.29. The van der Waals surface area contributed by atoms with Gasteiger partial charge in [-0.15, -0.1) is 0 Å². The van der Waals surface area contributed by atoms with Crippen molar-refractivity contribution in [2.45, 2.75) is 0 Å². The molecule has 1 heterocycles. The second-order valence-corrected chi connectivity index (χ2v) is 4.12. The van der Waals surface area contributed by atoms with Gasteiger partial charge in [0.1, 0.15) is 5.70 Å². The minimum Gasteiger partial charge on any atom is -0.366 e. The van der Waals surface area contributed by atoms with Crippen LogP contribution in [-0.2, 0) is 4.84 Å². The minimum atomic E-state index is 0.276. The molecule has 5 nitrogen and oxygen atoms in total. The van der Waals surface area contributed by atoms with Crippen LogP contribution in [0.25, 0.3) is 5.70 Å². The van der Waals surface area contributed by atoms with Crippen molar-refractivity contribution >= 4 is 11.4 Å². The van der Waals surface area contributed by atoms with Gasteiger partial charge in [-0.05, 0) is 12.1 Å². The van der Waals surface area contributed by atoms with Crippen LogP contribution in [0.4, 0.5) is 5.69 Å². The van der Waals surface area contributed by atoms with Crippen LogP contribution in [0.3, 0.4) is 0 Å². The number of hydrazine groups is 2. The molecular formula is C14H14N4O. The lowest BCUT2D eigenvalue weighted by molar-refractivity contribution is -0.104. The van der Waals surface area contributed by atoms with Crippen LogP contribution in [0.1, 0.15) is 5.56 Å². The molecule has 0 fully saturated rings. The molecule has 96 valence electrons. The van der Waals surface area contributed by atoms with Gasteiger partial charge in [-0.1, -0.05) is 48.5 Å². The van der Waals surface area contributed by atoms with E-state index in [1.165, 1.54) is 0 Å². The van der Waals surface area contributed by atoms with E-state index in [1.54, 1.807) is 5.01 Å². The van der Waals surface area contributed by atoms with Crippen molar-refractivity contribution in [2.75, 3.05) is 5.01 Å². The molecule has 2 aromatic rings. The second kappa shape index (κ2) is 4.64. The molecule has 0 aromatic heterocycles. The highest BCUT2D eigenvalue weighted by molar-refractivity contribution is 5.80. The first-order chi connectivity index (χ1) is 9.27. The van der Waals surface area contributed by atoms with Crippen LogP contribution in [0.15, 0.2) is 66.5 Å². The molecule has 0 bridgehead atoms. The van der Waals surface area contributed by atoms with E-state index < -0.39 is 0 Å². The molecule has 0 amide bonds. The van der Waals surface area contributed by atoms with E-state index in [0.717, 1.165) is 22.2 Å². The van der Waals surface area contributed by atoms with Crippen molar-refractivity contribution in [3.05, 3.63) is 72.1 Å². The van der Waals surface area contributed by atoms with Gasteiger partial charge in [-0.2, -0.15) is 0 Å². The van der Waals surface area contributed by atoms with Gasteiger partial charge in [0.15, 0.2) is 0 Å². The molecule has 0 aliphatic carbocycles. The molecule has 0 saturated heterocycles. The van der Waals surface area contributed by atoms with E-state index in [4.69, 9.17) is 16.4 Å². The highest BCUT2D eigenvalue weighted by atomic mass is 16.8. The Balaban J connectivity index is 2.08. The maximum Gasteiger partial charge on any atom is 0.240 e. The van der Waals surface area contributed by atoms with Crippen LogP contribution in [0.5, 0.6) is 0 Å². The van der Waals surface area contributed by atoms with Crippen LogP contribution in [0.2, 0.25) is 0 Å². The number of nitrogens with two attached hydrogens (primary N) is 2. The zero-order chi connectivity index (χ0) is 13.2. The second-order valence-electron chi connectivity index (χ2n) is 4.12. The third-order valence-electron chi connectivity index (χ3n) is 2.88. The smallest absolute Gasteiger partial charge is 0.240 e. The lowest BCUT2D eigenvalue weighted by Crippen LogP contribution is -2.41. The number of nitrogens with zero attached hydrogens (tertiary/aromatic N) is 2. The van der Waals surface area contributed by atoms with Gasteiger partial charge in [0.2, 0.25) is 5.88 Å². The van der Waals surface area contributed by atoms with Gasteiger partial charge in [0, 0.05) is 10.8 Å². The third kappa shape index (κ3) is 2.01. The summed E-state index contributed by atoms with van der Waals surface area (Å²) in [6, 6.07) is 19.4. The van der Waals surface area contributed by atoms with Gasteiger partial charge >= 0.3 is 0 Å². The maximum absolute atomic E-state index is 5.92. The molecule has 0 unspecified atom stereocenters. The van der Waals surface area contributed by atoms with Crippen molar-refractivity contribution in [1.82, 2.24) is 5.28 Å². The summed E-state index contributed by atoms with van der Waals surface area (Å²) in [6.07, 6.45) is 0. The zero-order valence-electron chi connectivity index (χ0n) is 10.2. The predicted molar refractivity (Wildman–Crippen MR) is 73.6 cm³/mol. The molecule has 0 saturated carbocycles. The topological polar surface area (TPSA) is 67.8 Å². The molecule has 1 aliphatic rings. The van der Waals surface area contributed by atoms with Crippen LogP contribution < -0.4 is 16.6 Å². The number of para-hydroxylation sites is 1. The van der Waals surface area contributed by atoms with Gasteiger partial charge in [-0.3, -0.25) is 0 Å². The zero-order valence-corrected chi connectivity index (χ0v) is 10.2. The van der Waals surface area contributed by atoms with Gasteiger partial charge in [0.25, 0.3) is 0 Å². The number of hydrogen-bond donors (Lipinski definition) is 2. The standard InChI is InChI=1S/C14H14N4O/c15-14-13(11-7-3-1-4-8-11)17(18(16)19-14)12-9-5-2-6-10-12/h1-10H,15-16H2. The number of hydrogen-bond acceptors (Lipinski definition) is 5. The lowest BCUT2D eigenvalue weighted by atomic mass is 10.1. The quantitative estimate of drug-likeness (QED) is 0.800. The summed E-state index contributed by atoms with van der Waals surface area (Å²) in [7, 11) is 0. The first-order valence-electron chi connectivity index (χ1n) is 5.90. The maximum atomic E-state index is 5.92. The van der Waals surface area contributed by atoms with E-state index in [9.17, 15) is 0 Å². The molecule has 0 spiro atoms. The van der Waals surface area contributed by atoms with Crippen molar-refractivity contribution < 1.29 is 4.84 Å². The van der Waals surface area contributed by atoms with E-state index >= 15 is 0 Å². The van der Waals surface area contributed by atoms with E-state index in [0.29, 0.717) is 0 Å². The number of rotatable bonds is 2. The molecule has 0 atom stereocenters. The van der Waals surface area contributed by atoms with Crippen LogP contribution >= 0.6 is 0 Å². The molecule has 1 aliphatic heterocycles. The van der Waals surface area contributed by atoms with Gasteiger partial charge < -0.3 is 10.6 Å². The molecule has 3 rings (SSSR count). The summed E-state index contributed by atoms with van der Waals surface area (Å²) in [6.45, 7) is 0. The van der Waals surface area contributed by atoms with Crippen molar-refractivity contribution in [3.63, 3.8) is 0 Å². The molecule has 19 heavy (non-hydrogen) atoms. The summed E-state index contributed by atoms with van der Waals surface area (Å²) in [5.41, 5.74) is 8.47. The Bertz CT molecular complexity index is 597. The Hall–Kier alpha value is -2.50. The molecule has 2 aromatic carbocycles. The SMILES string of the molecule is NC1=C(c2ccccc2)N(c2ccccc2)N(N)O1. The lowest BCUT2D eigenvalue weighted by Gasteiger charge is -2.24. The first-order valence-corrected chi connectivity index (χ1v) is 5.90. The molecule has 4 N–H and O–H groups in total. The monoisotopic (exact) mass is 254 g/mol. The average Bonchev–Trinajstić information content (AvgIpc) is 2.75. The number of anilines is 1. The van der Waals surface area contributed by atoms with Crippen LogP contribution in [0, 0.1) is 0 Å². The summed E-state index contributed by atoms with van der Waals surface area (Å²) in [5, 5.41) is 2.86. The third-order valence-corrected chi connectivity index (χ3v) is 2.88. The van der Waals surface area contributed by atoms with Gasteiger partial charge in [0.05, 0.1) is 5.69 Å². The normalized spacial score (nSPS) is 15.7. The highest BCUT2D eigenvalue weighted by Crippen LogP contribution is 2.33.